The normalized spacial score (nSPS) is 15.1. The number of hydrogen-bond acceptors (Lipinski definition) is 2. The molecule has 1 aliphatic heterocycles. The molecule has 0 bridgehead atoms. The van der Waals surface area contributed by atoms with E-state index in [4.69, 9.17) is 4.74 Å². The van der Waals surface area contributed by atoms with Gasteiger partial charge in [-0.25, -0.2) is 0 Å². The van der Waals surface area contributed by atoms with Gasteiger partial charge in [0, 0.05) is 13.1 Å². The van der Waals surface area contributed by atoms with Crippen LogP contribution in [-0.2, 0) is 4.79 Å². The highest BCUT2D eigenvalue weighted by Crippen LogP contribution is 2.25. The van der Waals surface area contributed by atoms with Crippen LogP contribution in [0.3, 0.4) is 0 Å². The van der Waals surface area contributed by atoms with Gasteiger partial charge in [0.15, 0.2) is 6.61 Å². The summed E-state index contributed by atoms with van der Waals surface area (Å²) in [5.41, 5.74) is 1.12. The van der Waals surface area contributed by atoms with Crippen LogP contribution in [0.4, 0.5) is 0 Å². The number of amides is 1. The summed E-state index contributed by atoms with van der Waals surface area (Å²) in [6, 6.07) is 5.87. The van der Waals surface area contributed by atoms with Gasteiger partial charge in [0.1, 0.15) is 5.75 Å². The minimum atomic E-state index is 0.0795. The number of rotatable bonds is 3. The Balaban J connectivity index is 1.92. The Labute approximate surface area is 110 Å². The zero-order valence-corrected chi connectivity index (χ0v) is 11.5. The van der Waals surface area contributed by atoms with Gasteiger partial charge in [0.25, 0.3) is 5.91 Å². The largest absolute Gasteiger partial charge is 0.483 e. The topological polar surface area (TPSA) is 29.5 Å². The zero-order valence-electron chi connectivity index (χ0n) is 9.91. The molecule has 0 aromatic heterocycles. The van der Waals surface area contributed by atoms with E-state index < -0.39 is 0 Å². The molecule has 2 rings (SSSR count). The highest BCUT2D eigenvalue weighted by Gasteiger charge is 2.18. The number of ether oxygens (including phenoxy) is 1. The van der Waals surface area contributed by atoms with Crippen molar-refractivity contribution in [1.82, 2.24) is 4.90 Å². The van der Waals surface area contributed by atoms with E-state index in [1.807, 2.05) is 30.0 Å². The third kappa shape index (κ3) is 3.22. The molecule has 4 heteroatoms. The molecule has 1 aliphatic rings. The maximum atomic E-state index is 11.8. The molecule has 1 fully saturated rings. The lowest BCUT2D eigenvalue weighted by Crippen LogP contribution is -2.32. The monoisotopic (exact) mass is 297 g/mol. The molecule has 0 aliphatic carbocycles. The number of benzene rings is 1. The van der Waals surface area contributed by atoms with Crippen molar-refractivity contribution in [2.24, 2.45) is 0 Å². The lowest BCUT2D eigenvalue weighted by atomic mass is 10.2. The number of carbonyl (C=O) groups excluding carboxylic acids is 1. The van der Waals surface area contributed by atoms with Crippen LogP contribution in [0, 0.1) is 6.92 Å². The molecule has 0 spiro atoms. The zero-order chi connectivity index (χ0) is 12.3. The van der Waals surface area contributed by atoms with Crippen molar-refractivity contribution in [2.45, 2.75) is 19.8 Å². The quantitative estimate of drug-likeness (QED) is 0.859. The molecule has 0 atom stereocenters. The number of aryl methyl sites for hydroxylation is 1. The van der Waals surface area contributed by atoms with Crippen molar-refractivity contribution in [2.75, 3.05) is 19.7 Å². The first-order chi connectivity index (χ1) is 8.16. The molecule has 1 aromatic carbocycles. The van der Waals surface area contributed by atoms with E-state index in [0.29, 0.717) is 0 Å². The standard InChI is InChI=1S/C13H16BrNO2/c1-10-4-5-11(14)12(8-10)17-9-13(16)15-6-2-3-7-15/h4-5,8H,2-3,6-7,9H2,1H3. The van der Waals surface area contributed by atoms with Gasteiger partial charge in [-0.15, -0.1) is 0 Å². The predicted molar refractivity (Wildman–Crippen MR) is 70.2 cm³/mol. The van der Waals surface area contributed by atoms with Crippen molar-refractivity contribution in [3.05, 3.63) is 28.2 Å². The smallest absolute Gasteiger partial charge is 0.260 e. The Morgan fingerprint density at radius 1 is 1.41 bits per heavy atom. The summed E-state index contributed by atoms with van der Waals surface area (Å²) in [5, 5.41) is 0. The number of likely N-dealkylation sites (tertiary alicyclic amines) is 1. The van der Waals surface area contributed by atoms with Crippen LogP contribution in [0.15, 0.2) is 22.7 Å². The first-order valence-corrected chi connectivity index (χ1v) is 6.63. The predicted octanol–water partition coefficient (Wildman–Crippen LogP) is 2.76. The van der Waals surface area contributed by atoms with E-state index >= 15 is 0 Å². The summed E-state index contributed by atoms with van der Waals surface area (Å²) in [6.07, 6.45) is 2.22. The number of carbonyl (C=O) groups is 1. The third-order valence-electron chi connectivity index (χ3n) is 2.90. The fourth-order valence-electron chi connectivity index (χ4n) is 1.92. The first kappa shape index (κ1) is 12.4. The van der Waals surface area contributed by atoms with Gasteiger partial charge in [0.2, 0.25) is 0 Å². The fourth-order valence-corrected chi connectivity index (χ4v) is 2.28. The van der Waals surface area contributed by atoms with E-state index in [-0.39, 0.29) is 12.5 Å². The van der Waals surface area contributed by atoms with Crippen LogP contribution in [-0.4, -0.2) is 30.5 Å². The number of halogens is 1. The summed E-state index contributed by atoms with van der Waals surface area (Å²) in [4.78, 5) is 13.7. The van der Waals surface area contributed by atoms with Crippen molar-refractivity contribution >= 4 is 21.8 Å². The Kier molecular flexibility index (Phi) is 4.05. The molecule has 0 radical (unpaired) electrons. The second-order valence-electron chi connectivity index (χ2n) is 4.31. The lowest BCUT2D eigenvalue weighted by molar-refractivity contribution is -0.132. The lowest BCUT2D eigenvalue weighted by Gasteiger charge is -2.16. The van der Waals surface area contributed by atoms with E-state index in [9.17, 15) is 4.79 Å². The molecule has 92 valence electrons. The molecule has 3 nitrogen and oxygen atoms in total. The van der Waals surface area contributed by atoms with Gasteiger partial charge in [-0.3, -0.25) is 4.79 Å². The molecule has 0 unspecified atom stereocenters. The third-order valence-corrected chi connectivity index (χ3v) is 3.55. The van der Waals surface area contributed by atoms with Gasteiger partial charge in [-0.05, 0) is 53.4 Å². The maximum Gasteiger partial charge on any atom is 0.260 e. The van der Waals surface area contributed by atoms with Crippen LogP contribution in [0.25, 0.3) is 0 Å². The van der Waals surface area contributed by atoms with E-state index in [1.54, 1.807) is 0 Å². The Morgan fingerprint density at radius 3 is 2.82 bits per heavy atom. The van der Waals surface area contributed by atoms with Crippen LogP contribution < -0.4 is 4.74 Å². The summed E-state index contributed by atoms with van der Waals surface area (Å²) >= 11 is 3.41. The molecule has 1 amide bonds. The highest BCUT2D eigenvalue weighted by atomic mass is 79.9. The Morgan fingerprint density at radius 2 is 2.12 bits per heavy atom. The molecule has 0 saturated carbocycles. The maximum absolute atomic E-state index is 11.8. The molecule has 17 heavy (non-hydrogen) atoms. The minimum absolute atomic E-state index is 0.0795. The van der Waals surface area contributed by atoms with Crippen molar-refractivity contribution < 1.29 is 9.53 Å². The van der Waals surface area contributed by atoms with Crippen LogP contribution in [0.2, 0.25) is 0 Å². The van der Waals surface area contributed by atoms with Crippen LogP contribution in [0.5, 0.6) is 5.75 Å². The fraction of sp³-hybridized carbons (Fsp3) is 0.462. The van der Waals surface area contributed by atoms with Crippen molar-refractivity contribution in [3.8, 4) is 5.75 Å². The highest BCUT2D eigenvalue weighted by molar-refractivity contribution is 9.10. The van der Waals surface area contributed by atoms with Gasteiger partial charge in [0.05, 0.1) is 4.47 Å². The summed E-state index contributed by atoms with van der Waals surface area (Å²) in [5.74, 6) is 0.813. The number of hydrogen-bond donors (Lipinski definition) is 0. The van der Waals surface area contributed by atoms with Gasteiger partial charge in [-0.1, -0.05) is 6.07 Å². The van der Waals surface area contributed by atoms with Gasteiger partial charge < -0.3 is 9.64 Å². The second kappa shape index (κ2) is 5.54. The SMILES string of the molecule is Cc1ccc(Br)c(OCC(=O)N2CCCC2)c1. The summed E-state index contributed by atoms with van der Waals surface area (Å²) in [7, 11) is 0. The molecule has 1 heterocycles. The van der Waals surface area contributed by atoms with Gasteiger partial charge >= 0.3 is 0 Å². The summed E-state index contributed by atoms with van der Waals surface area (Å²) < 4.78 is 6.44. The van der Waals surface area contributed by atoms with Crippen LogP contribution >= 0.6 is 15.9 Å². The van der Waals surface area contributed by atoms with E-state index in [1.165, 1.54) is 0 Å². The average molecular weight is 298 g/mol. The molecular formula is C13H16BrNO2. The van der Waals surface area contributed by atoms with Crippen molar-refractivity contribution in [3.63, 3.8) is 0 Å². The van der Waals surface area contributed by atoms with Crippen LogP contribution in [0.1, 0.15) is 18.4 Å². The van der Waals surface area contributed by atoms with Gasteiger partial charge in [-0.2, -0.15) is 0 Å². The molecule has 0 N–H and O–H groups in total. The molecule has 1 saturated heterocycles. The Bertz CT molecular complexity index is 414. The Hall–Kier alpha value is -1.03. The molecule has 1 aromatic rings. The minimum Gasteiger partial charge on any atom is -0.483 e. The van der Waals surface area contributed by atoms with Crippen molar-refractivity contribution in [1.29, 1.82) is 0 Å². The van der Waals surface area contributed by atoms with E-state index in [0.717, 1.165) is 41.7 Å². The molecular weight excluding hydrogens is 282 g/mol. The summed E-state index contributed by atoms with van der Waals surface area (Å²) in [6.45, 7) is 3.87. The first-order valence-electron chi connectivity index (χ1n) is 5.83. The second-order valence-corrected chi connectivity index (χ2v) is 5.16. The van der Waals surface area contributed by atoms with E-state index in [2.05, 4.69) is 15.9 Å². The average Bonchev–Trinajstić information content (AvgIpc) is 2.83. The number of nitrogens with zero attached hydrogens (tertiary/aromatic N) is 1.